The zero-order valence-electron chi connectivity index (χ0n) is 14.5. The Kier molecular flexibility index (Phi) is 7.15. The first-order valence-corrected chi connectivity index (χ1v) is 11.3. The van der Waals surface area contributed by atoms with Gasteiger partial charge in [0.1, 0.15) is 5.75 Å². The van der Waals surface area contributed by atoms with Gasteiger partial charge in [-0.25, -0.2) is 0 Å². The summed E-state index contributed by atoms with van der Waals surface area (Å²) < 4.78 is 2.99. The number of carbonyl (C=O) groups excluding carboxylic acids is 2. The van der Waals surface area contributed by atoms with Gasteiger partial charge in [0.2, 0.25) is 0 Å². The molecule has 9 heteroatoms. The molecule has 0 aromatic heterocycles. The fourth-order valence-electron chi connectivity index (χ4n) is 2.43. The number of hydrogen-bond donors (Lipinski definition) is 3. The van der Waals surface area contributed by atoms with Gasteiger partial charge >= 0.3 is 0 Å². The van der Waals surface area contributed by atoms with Crippen molar-refractivity contribution in [3.63, 3.8) is 0 Å². The molecule has 0 atom stereocenters. The fourth-order valence-corrected chi connectivity index (χ4v) is 3.84. The van der Waals surface area contributed by atoms with E-state index in [1.54, 1.807) is 24.3 Å². The summed E-state index contributed by atoms with van der Waals surface area (Å²) in [5, 5.41) is 15.6. The molecular weight excluding hydrogens is 636 g/mol. The molecule has 0 aliphatic heterocycles. The maximum absolute atomic E-state index is 12.7. The molecule has 5 nitrogen and oxygen atoms in total. The van der Waals surface area contributed by atoms with Crippen molar-refractivity contribution >= 4 is 86.9 Å². The van der Waals surface area contributed by atoms with Crippen LogP contribution in [0, 0.1) is 0 Å². The summed E-state index contributed by atoms with van der Waals surface area (Å²) in [5.41, 5.74) is 1.31. The van der Waals surface area contributed by atoms with Crippen LogP contribution < -0.4 is 10.6 Å². The first kappa shape index (κ1) is 22.0. The molecule has 0 bridgehead atoms. The molecule has 0 spiro atoms. The number of nitrogens with one attached hydrogen (secondary N) is 2. The number of halogens is 4. The molecule has 0 aliphatic rings. The molecule has 3 aromatic rings. The molecule has 2 amide bonds. The minimum Gasteiger partial charge on any atom is -0.507 e. The molecule has 3 aromatic carbocycles. The predicted molar refractivity (Wildman–Crippen MR) is 128 cm³/mol. The maximum Gasteiger partial charge on any atom is 0.259 e. The number of amides is 2. The lowest BCUT2D eigenvalue weighted by atomic mass is 10.1. The van der Waals surface area contributed by atoms with Gasteiger partial charge in [0.15, 0.2) is 0 Å². The van der Waals surface area contributed by atoms with Gasteiger partial charge in [-0.2, -0.15) is 0 Å². The number of benzene rings is 3. The molecule has 148 valence electrons. The maximum atomic E-state index is 12.7. The van der Waals surface area contributed by atoms with E-state index in [0.717, 1.165) is 8.95 Å². The number of carbonyl (C=O) groups is 2. The van der Waals surface area contributed by atoms with E-state index in [1.807, 2.05) is 12.1 Å². The third-order valence-corrected chi connectivity index (χ3v) is 6.23. The Morgan fingerprint density at radius 2 is 1.21 bits per heavy atom. The third-order valence-electron chi connectivity index (χ3n) is 3.86. The van der Waals surface area contributed by atoms with E-state index in [0.29, 0.717) is 20.3 Å². The van der Waals surface area contributed by atoms with Crippen LogP contribution >= 0.6 is 63.7 Å². The number of phenolic OH excluding ortho intramolecular Hbond substituents is 1. The molecule has 0 aliphatic carbocycles. The Hall–Kier alpha value is -1.68. The number of aromatic hydroxyl groups is 1. The fraction of sp³-hybridized carbons (Fsp3) is 0. The van der Waals surface area contributed by atoms with Crippen molar-refractivity contribution < 1.29 is 14.7 Å². The lowest BCUT2D eigenvalue weighted by Gasteiger charge is -2.12. The molecule has 3 N–H and O–H groups in total. The van der Waals surface area contributed by atoms with Crippen LogP contribution in [0.4, 0.5) is 11.4 Å². The summed E-state index contributed by atoms with van der Waals surface area (Å²) in [4.78, 5) is 25.3. The molecule has 0 saturated carbocycles. The monoisotopic (exact) mass is 644 g/mol. The zero-order chi connectivity index (χ0) is 21.1. The summed E-state index contributed by atoms with van der Waals surface area (Å²) >= 11 is 13.5. The lowest BCUT2D eigenvalue weighted by Crippen LogP contribution is -2.16. The molecule has 29 heavy (non-hydrogen) atoms. The Morgan fingerprint density at radius 3 is 1.76 bits per heavy atom. The highest BCUT2D eigenvalue weighted by atomic mass is 79.9. The Bertz CT molecular complexity index is 1120. The smallest absolute Gasteiger partial charge is 0.259 e. The van der Waals surface area contributed by atoms with Gasteiger partial charge in [-0.1, -0.05) is 31.9 Å². The van der Waals surface area contributed by atoms with Gasteiger partial charge in [0, 0.05) is 23.5 Å². The van der Waals surface area contributed by atoms with Gasteiger partial charge in [-0.05, 0) is 86.5 Å². The molecule has 0 heterocycles. The molecule has 0 fully saturated rings. The summed E-state index contributed by atoms with van der Waals surface area (Å²) in [6.07, 6.45) is 0. The van der Waals surface area contributed by atoms with Crippen LogP contribution in [0.25, 0.3) is 0 Å². The van der Waals surface area contributed by atoms with Gasteiger partial charge in [0.05, 0.1) is 16.9 Å². The van der Waals surface area contributed by atoms with Crippen molar-refractivity contribution in [2.75, 3.05) is 10.6 Å². The normalized spacial score (nSPS) is 10.5. The largest absolute Gasteiger partial charge is 0.507 e. The number of rotatable bonds is 4. The van der Waals surface area contributed by atoms with Crippen molar-refractivity contribution in [1.29, 1.82) is 0 Å². The minimum absolute atomic E-state index is 0.0159. The predicted octanol–water partition coefficient (Wildman–Crippen LogP) is 6.95. The first-order chi connectivity index (χ1) is 13.7. The summed E-state index contributed by atoms with van der Waals surface area (Å²) in [7, 11) is 0. The Labute approximate surface area is 200 Å². The van der Waals surface area contributed by atoms with E-state index in [9.17, 15) is 14.7 Å². The van der Waals surface area contributed by atoms with E-state index in [-0.39, 0.29) is 16.9 Å². The second kappa shape index (κ2) is 9.42. The minimum atomic E-state index is -0.542. The highest BCUT2D eigenvalue weighted by molar-refractivity contribution is 9.11. The summed E-state index contributed by atoms with van der Waals surface area (Å²) in [5.74, 6) is -1.19. The van der Waals surface area contributed by atoms with Gasteiger partial charge in [-0.3, -0.25) is 9.59 Å². The second-order valence-electron chi connectivity index (χ2n) is 5.89. The van der Waals surface area contributed by atoms with Crippen LogP contribution in [0.15, 0.2) is 72.5 Å². The standard InChI is InChI=1S/C20H12Br4N2O3/c21-11-2-4-14(23)16(8-11)25-19(28)10-1-6-18(27)13(7-10)20(29)26-17-9-12(22)3-5-15(17)24/h1-9,27H,(H,25,28)(H,26,29). The highest BCUT2D eigenvalue weighted by Crippen LogP contribution is 2.29. The van der Waals surface area contributed by atoms with Gasteiger partial charge < -0.3 is 15.7 Å². The lowest BCUT2D eigenvalue weighted by molar-refractivity contribution is 0.102. The van der Waals surface area contributed by atoms with Gasteiger partial charge in [-0.15, -0.1) is 0 Å². The van der Waals surface area contributed by atoms with Crippen molar-refractivity contribution in [3.8, 4) is 5.75 Å². The van der Waals surface area contributed by atoms with Crippen LogP contribution in [0.2, 0.25) is 0 Å². The van der Waals surface area contributed by atoms with Crippen molar-refractivity contribution in [2.45, 2.75) is 0 Å². The molecule has 0 unspecified atom stereocenters. The number of anilines is 2. The van der Waals surface area contributed by atoms with Gasteiger partial charge in [0.25, 0.3) is 11.8 Å². The van der Waals surface area contributed by atoms with E-state index < -0.39 is 11.8 Å². The second-order valence-corrected chi connectivity index (χ2v) is 9.43. The van der Waals surface area contributed by atoms with E-state index in [4.69, 9.17) is 0 Å². The molecule has 0 radical (unpaired) electrons. The topological polar surface area (TPSA) is 78.4 Å². The average Bonchev–Trinajstić information content (AvgIpc) is 2.67. The van der Waals surface area contributed by atoms with E-state index >= 15 is 0 Å². The number of phenols is 1. The van der Waals surface area contributed by atoms with Crippen molar-refractivity contribution in [1.82, 2.24) is 0 Å². The molecule has 0 saturated heterocycles. The quantitative estimate of drug-likeness (QED) is 0.287. The van der Waals surface area contributed by atoms with Crippen LogP contribution in [-0.2, 0) is 0 Å². The van der Waals surface area contributed by atoms with Crippen molar-refractivity contribution in [2.24, 2.45) is 0 Å². The van der Waals surface area contributed by atoms with E-state index in [2.05, 4.69) is 74.4 Å². The van der Waals surface area contributed by atoms with E-state index in [1.165, 1.54) is 18.2 Å². The molecular formula is C20H12Br4N2O3. The highest BCUT2D eigenvalue weighted by Gasteiger charge is 2.17. The van der Waals surface area contributed by atoms with Crippen LogP contribution in [0.1, 0.15) is 20.7 Å². The summed E-state index contributed by atoms with van der Waals surface area (Å²) in [6, 6.07) is 14.8. The van der Waals surface area contributed by atoms with Crippen LogP contribution in [-0.4, -0.2) is 16.9 Å². The van der Waals surface area contributed by atoms with Crippen LogP contribution in [0.5, 0.6) is 5.75 Å². The average molecular weight is 648 g/mol. The number of hydrogen-bond acceptors (Lipinski definition) is 3. The first-order valence-electron chi connectivity index (χ1n) is 8.10. The Morgan fingerprint density at radius 1 is 0.690 bits per heavy atom. The summed E-state index contributed by atoms with van der Waals surface area (Å²) in [6.45, 7) is 0. The zero-order valence-corrected chi connectivity index (χ0v) is 20.8. The third kappa shape index (κ3) is 5.48. The Balaban J connectivity index is 1.85. The van der Waals surface area contributed by atoms with Crippen LogP contribution in [0.3, 0.4) is 0 Å². The molecule has 3 rings (SSSR count). The van der Waals surface area contributed by atoms with Crippen molar-refractivity contribution in [3.05, 3.63) is 83.6 Å². The SMILES string of the molecule is O=C(Nc1cc(Br)ccc1Br)c1ccc(O)c(C(=O)Nc2cc(Br)ccc2Br)c1.